The molecule has 4 rings (SSSR count). The van der Waals surface area contributed by atoms with E-state index in [4.69, 9.17) is 18.7 Å². The highest BCUT2D eigenvalue weighted by Gasteiger charge is 2.17. The van der Waals surface area contributed by atoms with Crippen LogP contribution in [0.2, 0.25) is 0 Å². The van der Waals surface area contributed by atoms with Crippen LogP contribution in [0.1, 0.15) is 45.9 Å². The van der Waals surface area contributed by atoms with Crippen LogP contribution in [0.15, 0.2) is 47.0 Å². The van der Waals surface area contributed by atoms with Crippen LogP contribution in [0.4, 0.5) is 0 Å². The van der Waals surface area contributed by atoms with Crippen molar-refractivity contribution in [2.75, 3.05) is 13.2 Å². The molecular formula is C23H24N2O5. The Labute approximate surface area is 174 Å². The molecule has 0 spiro atoms. The molecule has 1 N–H and O–H groups in total. The predicted molar refractivity (Wildman–Crippen MR) is 110 cm³/mol. The van der Waals surface area contributed by atoms with E-state index in [1.165, 1.54) is 0 Å². The van der Waals surface area contributed by atoms with E-state index in [1.54, 1.807) is 24.3 Å². The fourth-order valence-electron chi connectivity index (χ4n) is 3.26. The lowest BCUT2D eigenvalue weighted by atomic mass is 10.1. The number of hydrogen-bond acceptors (Lipinski definition) is 6. The normalized spacial score (nSPS) is 13.6. The number of aryl methyl sites for hydroxylation is 2. The lowest BCUT2D eigenvalue weighted by Gasteiger charge is -2.21. The molecule has 1 aliphatic rings. The molecule has 7 heteroatoms. The number of fused-ring (bicyclic) bond motifs is 1. The number of nitrogens with one attached hydrogen (secondary N) is 1. The minimum Gasteiger partial charge on any atom is -0.489 e. The zero-order chi connectivity index (χ0) is 21.1. The average Bonchev–Trinajstić information content (AvgIpc) is 3.09. The third-order valence-electron chi connectivity index (χ3n) is 5.09. The summed E-state index contributed by atoms with van der Waals surface area (Å²) in [6, 6.07) is 12.6. The quantitative estimate of drug-likeness (QED) is 0.660. The molecule has 1 aliphatic heterocycles. The summed E-state index contributed by atoms with van der Waals surface area (Å²) in [4.78, 5) is 12.6. The van der Waals surface area contributed by atoms with Crippen LogP contribution in [0, 0.1) is 13.8 Å². The number of carbonyl (C=O) groups is 1. The Kier molecular flexibility index (Phi) is 5.61. The third-order valence-corrected chi connectivity index (χ3v) is 5.09. The van der Waals surface area contributed by atoms with Gasteiger partial charge in [0.05, 0.1) is 17.3 Å². The lowest BCUT2D eigenvalue weighted by Crippen LogP contribution is -2.26. The first-order valence-electron chi connectivity index (χ1n) is 9.86. The second-order valence-corrected chi connectivity index (χ2v) is 7.21. The number of rotatable bonds is 6. The van der Waals surface area contributed by atoms with Crippen LogP contribution in [0.25, 0.3) is 0 Å². The Hall–Kier alpha value is -3.48. The van der Waals surface area contributed by atoms with Crippen molar-refractivity contribution in [2.45, 2.75) is 33.4 Å². The number of benzene rings is 2. The molecular weight excluding hydrogens is 384 g/mol. The highest BCUT2D eigenvalue weighted by Crippen LogP contribution is 2.32. The molecule has 1 aromatic heterocycles. The molecule has 0 saturated carbocycles. The van der Waals surface area contributed by atoms with Gasteiger partial charge in [-0.3, -0.25) is 4.79 Å². The van der Waals surface area contributed by atoms with Crippen LogP contribution < -0.4 is 19.5 Å². The summed E-state index contributed by atoms with van der Waals surface area (Å²) < 4.78 is 22.1. The predicted octanol–water partition coefficient (Wildman–Crippen LogP) is 4.13. The van der Waals surface area contributed by atoms with E-state index < -0.39 is 0 Å². The first kappa shape index (κ1) is 19.8. The van der Waals surface area contributed by atoms with Gasteiger partial charge >= 0.3 is 0 Å². The van der Waals surface area contributed by atoms with Gasteiger partial charge in [-0.25, -0.2) is 0 Å². The van der Waals surface area contributed by atoms with E-state index in [2.05, 4.69) is 10.5 Å². The maximum absolute atomic E-state index is 12.6. The van der Waals surface area contributed by atoms with Crippen molar-refractivity contribution in [3.05, 3.63) is 70.6 Å². The molecule has 30 heavy (non-hydrogen) atoms. The first-order valence-corrected chi connectivity index (χ1v) is 9.86. The minimum absolute atomic E-state index is 0.158. The van der Waals surface area contributed by atoms with Crippen molar-refractivity contribution in [1.29, 1.82) is 0 Å². The Morgan fingerprint density at radius 1 is 1.10 bits per heavy atom. The van der Waals surface area contributed by atoms with Gasteiger partial charge in [-0.15, -0.1) is 0 Å². The van der Waals surface area contributed by atoms with Crippen LogP contribution in [0.3, 0.4) is 0 Å². The number of aromatic nitrogens is 1. The summed E-state index contributed by atoms with van der Waals surface area (Å²) >= 11 is 0. The minimum atomic E-state index is -0.177. The van der Waals surface area contributed by atoms with Crippen molar-refractivity contribution in [2.24, 2.45) is 0 Å². The second-order valence-electron chi connectivity index (χ2n) is 7.21. The van der Waals surface area contributed by atoms with E-state index in [1.807, 2.05) is 39.0 Å². The summed E-state index contributed by atoms with van der Waals surface area (Å²) in [6.07, 6.45) is 0. The van der Waals surface area contributed by atoms with Gasteiger partial charge in [0.25, 0.3) is 5.91 Å². The standard InChI is InChI=1S/C23H24N2O5/c1-14(18-6-9-21-22(12-18)28-11-10-27-21)24-23(26)17-4-7-19(8-5-17)29-13-20-15(2)25-30-16(20)3/h4-9,12,14H,10-11,13H2,1-3H3,(H,24,26)/t14-/m0/s1. The van der Waals surface area contributed by atoms with Gasteiger partial charge in [0.2, 0.25) is 0 Å². The average molecular weight is 408 g/mol. The number of carbonyl (C=O) groups excluding carboxylic acids is 1. The van der Waals surface area contributed by atoms with Crippen molar-refractivity contribution < 1.29 is 23.5 Å². The summed E-state index contributed by atoms with van der Waals surface area (Å²) in [7, 11) is 0. The zero-order valence-corrected chi connectivity index (χ0v) is 17.2. The Bertz CT molecular complexity index is 1020. The molecule has 2 aromatic carbocycles. The fourth-order valence-corrected chi connectivity index (χ4v) is 3.26. The zero-order valence-electron chi connectivity index (χ0n) is 17.2. The summed E-state index contributed by atoms with van der Waals surface area (Å²) in [5, 5.41) is 6.93. The van der Waals surface area contributed by atoms with Gasteiger partial charge in [0.15, 0.2) is 11.5 Å². The van der Waals surface area contributed by atoms with Crippen molar-refractivity contribution in [3.63, 3.8) is 0 Å². The van der Waals surface area contributed by atoms with Gasteiger partial charge in [-0.1, -0.05) is 11.2 Å². The molecule has 156 valence electrons. The first-order chi connectivity index (χ1) is 14.5. The van der Waals surface area contributed by atoms with Crippen molar-refractivity contribution >= 4 is 5.91 Å². The van der Waals surface area contributed by atoms with E-state index in [0.717, 1.165) is 28.3 Å². The van der Waals surface area contributed by atoms with Gasteiger partial charge in [-0.05, 0) is 62.7 Å². The molecule has 2 heterocycles. The Balaban J connectivity index is 1.36. The molecule has 3 aromatic rings. The molecule has 7 nitrogen and oxygen atoms in total. The van der Waals surface area contributed by atoms with Gasteiger partial charge in [0, 0.05) is 5.56 Å². The molecule has 0 unspecified atom stereocenters. The molecule has 0 radical (unpaired) electrons. The lowest BCUT2D eigenvalue weighted by molar-refractivity contribution is 0.0939. The topological polar surface area (TPSA) is 82.8 Å². The number of amides is 1. The highest BCUT2D eigenvalue weighted by molar-refractivity contribution is 5.94. The second kappa shape index (κ2) is 8.49. The maximum atomic E-state index is 12.6. The molecule has 1 amide bonds. The largest absolute Gasteiger partial charge is 0.489 e. The summed E-state index contributed by atoms with van der Waals surface area (Å²) in [5.74, 6) is 2.70. The number of nitrogens with zero attached hydrogens (tertiary/aromatic N) is 1. The highest BCUT2D eigenvalue weighted by atomic mass is 16.6. The Morgan fingerprint density at radius 3 is 2.53 bits per heavy atom. The van der Waals surface area contributed by atoms with Crippen molar-refractivity contribution in [1.82, 2.24) is 10.5 Å². The van der Waals surface area contributed by atoms with Crippen LogP contribution in [-0.4, -0.2) is 24.3 Å². The monoisotopic (exact) mass is 408 g/mol. The van der Waals surface area contributed by atoms with Crippen LogP contribution >= 0.6 is 0 Å². The molecule has 0 saturated heterocycles. The molecule has 1 atom stereocenters. The molecule has 0 bridgehead atoms. The van der Waals surface area contributed by atoms with E-state index in [-0.39, 0.29) is 11.9 Å². The van der Waals surface area contributed by atoms with E-state index in [0.29, 0.717) is 36.9 Å². The van der Waals surface area contributed by atoms with Crippen LogP contribution in [-0.2, 0) is 6.61 Å². The molecule has 0 fully saturated rings. The number of ether oxygens (including phenoxy) is 3. The van der Waals surface area contributed by atoms with Gasteiger partial charge < -0.3 is 24.1 Å². The molecule has 0 aliphatic carbocycles. The Morgan fingerprint density at radius 2 is 1.83 bits per heavy atom. The van der Waals surface area contributed by atoms with Gasteiger partial charge in [0.1, 0.15) is 31.3 Å². The van der Waals surface area contributed by atoms with E-state index in [9.17, 15) is 4.79 Å². The third kappa shape index (κ3) is 4.25. The summed E-state index contributed by atoms with van der Waals surface area (Å²) in [6.45, 7) is 7.12. The van der Waals surface area contributed by atoms with Crippen molar-refractivity contribution in [3.8, 4) is 17.2 Å². The maximum Gasteiger partial charge on any atom is 0.251 e. The van der Waals surface area contributed by atoms with Gasteiger partial charge in [-0.2, -0.15) is 0 Å². The smallest absolute Gasteiger partial charge is 0.251 e. The fraction of sp³-hybridized carbons (Fsp3) is 0.304. The van der Waals surface area contributed by atoms with E-state index >= 15 is 0 Å². The summed E-state index contributed by atoms with van der Waals surface area (Å²) in [5.41, 5.74) is 3.26. The number of hydrogen-bond donors (Lipinski definition) is 1. The SMILES string of the molecule is Cc1noc(C)c1COc1ccc(C(=O)N[C@@H](C)c2ccc3c(c2)OCCO3)cc1. The van der Waals surface area contributed by atoms with Crippen LogP contribution in [0.5, 0.6) is 17.2 Å².